The van der Waals surface area contributed by atoms with Crippen molar-refractivity contribution in [1.29, 1.82) is 0 Å². The van der Waals surface area contributed by atoms with Gasteiger partial charge < -0.3 is 9.47 Å². The van der Waals surface area contributed by atoms with Gasteiger partial charge in [0.05, 0.1) is 12.7 Å². The molecular formula is C16H24O2S. The lowest BCUT2D eigenvalue weighted by molar-refractivity contribution is 0.129. The molecule has 0 bridgehead atoms. The molecule has 0 amide bonds. The van der Waals surface area contributed by atoms with E-state index in [1.54, 1.807) is 0 Å². The Morgan fingerprint density at radius 1 is 1.32 bits per heavy atom. The average molecular weight is 280 g/mol. The second kappa shape index (κ2) is 7.81. The van der Waals surface area contributed by atoms with Crippen molar-refractivity contribution < 1.29 is 9.47 Å². The van der Waals surface area contributed by atoms with Crippen LogP contribution >= 0.6 is 11.8 Å². The molecule has 1 atom stereocenters. The van der Waals surface area contributed by atoms with E-state index < -0.39 is 0 Å². The van der Waals surface area contributed by atoms with E-state index in [-0.39, 0.29) is 0 Å². The molecule has 1 unspecified atom stereocenters. The molecular weight excluding hydrogens is 256 g/mol. The maximum Gasteiger partial charge on any atom is 0.119 e. The van der Waals surface area contributed by atoms with E-state index in [4.69, 9.17) is 9.47 Å². The molecule has 2 rings (SSSR count). The molecule has 0 saturated carbocycles. The van der Waals surface area contributed by atoms with E-state index in [0.717, 1.165) is 36.9 Å². The predicted molar refractivity (Wildman–Crippen MR) is 82.3 cm³/mol. The molecule has 1 aliphatic heterocycles. The van der Waals surface area contributed by atoms with Crippen molar-refractivity contribution >= 4 is 11.8 Å². The molecule has 1 heterocycles. The van der Waals surface area contributed by atoms with Crippen LogP contribution < -0.4 is 4.74 Å². The van der Waals surface area contributed by atoms with Gasteiger partial charge in [-0.3, -0.25) is 0 Å². The topological polar surface area (TPSA) is 18.5 Å². The molecule has 19 heavy (non-hydrogen) atoms. The number of hydrogen-bond acceptors (Lipinski definition) is 3. The number of ether oxygens (including phenoxy) is 2. The summed E-state index contributed by atoms with van der Waals surface area (Å²) in [6, 6.07) is 6.30. The summed E-state index contributed by atoms with van der Waals surface area (Å²) >= 11 is 1.99. The molecule has 0 spiro atoms. The van der Waals surface area contributed by atoms with E-state index in [1.807, 2.05) is 11.8 Å². The monoisotopic (exact) mass is 280 g/mol. The number of hydrogen-bond donors (Lipinski definition) is 0. The fourth-order valence-electron chi connectivity index (χ4n) is 2.15. The van der Waals surface area contributed by atoms with Crippen molar-refractivity contribution in [2.45, 2.75) is 39.2 Å². The van der Waals surface area contributed by atoms with Crippen molar-refractivity contribution in [2.75, 3.05) is 24.7 Å². The van der Waals surface area contributed by atoms with Crippen LogP contribution in [0.1, 0.15) is 30.4 Å². The molecule has 106 valence electrons. The summed E-state index contributed by atoms with van der Waals surface area (Å²) in [5, 5.41) is 0. The summed E-state index contributed by atoms with van der Waals surface area (Å²) in [5.41, 5.74) is 2.62. The Morgan fingerprint density at radius 3 is 2.95 bits per heavy atom. The minimum Gasteiger partial charge on any atom is -0.494 e. The zero-order chi connectivity index (χ0) is 13.5. The molecule has 0 radical (unpaired) electrons. The Hall–Kier alpha value is -0.670. The third-order valence-corrected chi connectivity index (χ3v) is 4.69. The van der Waals surface area contributed by atoms with Gasteiger partial charge in [0.2, 0.25) is 0 Å². The fourth-order valence-corrected chi connectivity index (χ4v) is 3.16. The largest absolute Gasteiger partial charge is 0.494 e. The fraction of sp³-hybridized carbons (Fsp3) is 0.625. The van der Waals surface area contributed by atoms with Crippen molar-refractivity contribution in [2.24, 2.45) is 0 Å². The van der Waals surface area contributed by atoms with Gasteiger partial charge in [0.1, 0.15) is 5.75 Å². The first kappa shape index (κ1) is 14.7. The zero-order valence-electron chi connectivity index (χ0n) is 12.0. The van der Waals surface area contributed by atoms with Crippen LogP contribution in [0, 0.1) is 13.8 Å². The highest BCUT2D eigenvalue weighted by molar-refractivity contribution is 7.99. The number of aryl methyl sites for hydroxylation is 2. The van der Waals surface area contributed by atoms with Gasteiger partial charge in [-0.2, -0.15) is 11.8 Å². The maximum absolute atomic E-state index is 5.77. The molecule has 1 aliphatic rings. The number of thioether (sulfide) groups is 1. The van der Waals surface area contributed by atoms with Crippen LogP contribution in [0.4, 0.5) is 0 Å². The van der Waals surface area contributed by atoms with E-state index >= 15 is 0 Å². The summed E-state index contributed by atoms with van der Waals surface area (Å²) in [5.74, 6) is 3.29. The lowest BCUT2D eigenvalue weighted by atomic mass is 10.1. The SMILES string of the molecule is Cc1ccc(OCCCSCC2CCCO2)cc1C. The van der Waals surface area contributed by atoms with Gasteiger partial charge >= 0.3 is 0 Å². The van der Waals surface area contributed by atoms with Crippen LogP contribution in [0.2, 0.25) is 0 Å². The molecule has 3 heteroatoms. The van der Waals surface area contributed by atoms with Gasteiger partial charge in [0, 0.05) is 12.4 Å². The highest BCUT2D eigenvalue weighted by Crippen LogP contribution is 2.19. The van der Waals surface area contributed by atoms with E-state index in [0.29, 0.717) is 6.10 Å². The van der Waals surface area contributed by atoms with Crippen molar-refractivity contribution in [1.82, 2.24) is 0 Å². The Balaban J connectivity index is 1.54. The van der Waals surface area contributed by atoms with Crippen molar-refractivity contribution in [3.8, 4) is 5.75 Å². The summed E-state index contributed by atoms with van der Waals surface area (Å²) in [7, 11) is 0. The third-order valence-electron chi connectivity index (χ3n) is 3.51. The minimum atomic E-state index is 0.505. The number of rotatable bonds is 7. The Morgan fingerprint density at radius 2 is 2.21 bits per heavy atom. The normalized spacial score (nSPS) is 18.7. The highest BCUT2D eigenvalue weighted by Gasteiger charge is 2.14. The first-order valence-corrected chi connectivity index (χ1v) is 8.30. The molecule has 0 aromatic heterocycles. The van der Waals surface area contributed by atoms with Crippen LogP contribution in [0.25, 0.3) is 0 Å². The smallest absolute Gasteiger partial charge is 0.119 e. The van der Waals surface area contributed by atoms with Crippen LogP contribution in [-0.4, -0.2) is 30.8 Å². The molecule has 1 saturated heterocycles. The van der Waals surface area contributed by atoms with Crippen LogP contribution in [0.5, 0.6) is 5.75 Å². The molecule has 1 aromatic rings. The van der Waals surface area contributed by atoms with Gasteiger partial charge in [-0.15, -0.1) is 0 Å². The second-order valence-electron chi connectivity index (χ2n) is 5.16. The first-order chi connectivity index (χ1) is 9.25. The molecule has 2 nitrogen and oxygen atoms in total. The Kier molecular flexibility index (Phi) is 6.05. The quantitative estimate of drug-likeness (QED) is 0.704. The highest BCUT2D eigenvalue weighted by atomic mass is 32.2. The number of benzene rings is 1. The summed E-state index contributed by atoms with van der Waals surface area (Å²) < 4.78 is 11.4. The van der Waals surface area contributed by atoms with Gasteiger partial charge in [-0.25, -0.2) is 0 Å². The molecule has 0 aliphatic carbocycles. The molecule has 0 N–H and O–H groups in total. The summed E-state index contributed by atoms with van der Waals surface area (Å²) in [6.07, 6.45) is 4.09. The molecule has 1 fully saturated rings. The zero-order valence-corrected chi connectivity index (χ0v) is 12.8. The summed E-state index contributed by atoms with van der Waals surface area (Å²) in [4.78, 5) is 0. The standard InChI is InChI=1S/C16H24O2S/c1-13-6-7-15(11-14(13)2)17-9-4-10-19-12-16-5-3-8-18-16/h6-7,11,16H,3-5,8-10,12H2,1-2H3. The molecule has 1 aromatic carbocycles. The van der Waals surface area contributed by atoms with E-state index in [2.05, 4.69) is 32.0 Å². The Bertz CT molecular complexity index is 386. The maximum atomic E-state index is 5.77. The van der Waals surface area contributed by atoms with E-state index in [9.17, 15) is 0 Å². The van der Waals surface area contributed by atoms with E-state index in [1.165, 1.54) is 24.0 Å². The van der Waals surface area contributed by atoms with Gasteiger partial charge in [-0.1, -0.05) is 6.07 Å². The van der Waals surface area contributed by atoms with Crippen LogP contribution in [-0.2, 0) is 4.74 Å². The average Bonchev–Trinajstić information content (AvgIpc) is 2.91. The summed E-state index contributed by atoms with van der Waals surface area (Å²) in [6.45, 7) is 6.02. The van der Waals surface area contributed by atoms with Crippen LogP contribution in [0.15, 0.2) is 18.2 Å². The minimum absolute atomic E-state index is 0.505. The van der Waals surface area contributed by atoms with Gasteiger partial charge in [0.15, 0.2) is 0 Å². The third kappa shape index (κ3) is 5.07. The van der Waals surface area contributed by atoms with Crippen molar-refractivity contribution in [3.05, 3.63) is 29.3 Å². The van der Waals surface area contributed by atoms with Gasteiger partial charge in [0.25, 0.3) is 0 Å². The first-order valence-electron chi connectivity index (χ1n) is 7.15. The van der Waals surface area contributed by atoms with Gasteiger partial charge in [-0.05, 0) is 62.1 Å². The Labute approximate surface area is 120 Å². The predicted octanol–water partition coefficient (Wildman–Crippen LogP) is 3.98. The van der Waals surface area contributed by atoms with Crippen molar-refractivity contribution in [3.63, 3.8) is 0 Å². The lowest BCUT2D eigenvalue weighted by Crippen LogP contribution is -2.09. The van der Waals surface area contributed by atoms with Crippen LogP contribution in [0.3, 0.4) is 0 Å². The lowest BCUT2D eigenvalue weighted by Gasteiger charge is -2.10. The second-order valence-corrected chi connectivity index (χ2v) is 6.31.